The Morgan fingerprint density at radius 2 is 2.04 bits per heavy atom. The highest BCUT2D eigenvalue weighted by atomic mass is 19.1. The van der Waals surface area contributed by atoms with E-state index in [9.17, 15) is 8.78 Å². The van der Waals surface area contributed by atoms with Crippen LogP contribution in [0.3, 0.4) is 0 Å². The van der Waals surface area contributed by atoms with Crippen molar-refractivity contribution in [3.63, 3.8) is 0 Å². The fraction of sp³-hybridized carbons (Fsp3) is 0.500. The van der Waals surface area contributed by atoms with Gasteiger partial charge in [-0.15, -0.1) is 0 Å². The number of aliphatic imine (C=N–C) groups is 1. The molecule has 138 valence electrons. The molecule has 26 heavy (non-hydrogen) atoms. The summed E-state index contributed by atoms with van der Waals surface area (Å²) in [4.78, 5) is 8.77. The Bertz CT molecular complexity index is 826. The molecule has 1 aromatic carbocycles. The fourth-order valence-corrected chi connectivity index (χ4v) is 3.66. The zero-order valence-electron chi connectivity index (χ0n) is 14.8. The number of hydrogen-bond donors (Lipinski definition) is 2. The van der Waals surface area contributed by atoms with Crippen molar-refractivity contribution in [2.45, 2.75) is 50.7 Å². The number of nitrogens with zero attached hydrogens (tertiary/aromatic N) is 4. The van der Waals surface area contributed by atoms with E-state index in [0.717, 1.165) is 31.0 Å². The predicted octanol–water partition coefficient (Wildman–Crippen LogP) is 2.42. The molecule has 3 atom stereocenters. The smallest absolute Gasteiger partial charge is 0.191 e. The van der Waals surface area contributed by atoms with Gasteiger partial charge in [0.1, 0.15) is 23.3 Å². The molecule has 1 aliphatic carbocycles. The Morgan fingerprint density at radius 3 is 2.77 bits per heavy atom. The van der Waals surface area contributed by atoms with Gasteiger partial charge in [0.25, 0.3) is 0 Å². The van der Waals surface area contributed by atoms with Gasteiger partial charge < -0.3 is 10.6 Å². The van der Waals surface area contributed by atoms with Gasteiger partial charge in [0.15, 0.2) is 5.96 Å². The van der Waals surface area contributed by atoms with Gasteiger partial charge in [-0.3, -0.25) is 4.99 Å². The van der Waals surface area contributed by atoms with Crippen LogP contribution in [0, 0.1) is 18.6 Å². The minimum atomic E-state index is -0.488. The number of fused-ring (bicyclic) bond motifs is 1. The molecule has 2 aromatic rings. The number of benzene rings is 1. The van der Waals surface area contributed by atoms with Crippen LogP contribution < -0.4 is 10.6 Å². The topological polar surface area (TPSA) is 67.1 Å². The van der Waals surface area contributed by atoms with Gasteiger partial charge in [0.2, 0.25) is 0 Å². The standard InChI is InChI=1S/C18H22F2N6/c1-10-22-17-14(7-4-8-26(17)25-10)23-18(21-2)24-15-9-11(15)16-12(19)5-3-6-13(16)20/h3,5-6,11,14-15H,4,7-9H2,1-2H3,(H2,21,23,24). The molecule has 0 amide bonds. The van der Waals surface area contributed by atoms with Crippen LogP contribution in [0.4, 0.5) is 8.78 Å². The SMILES string of the molecule is CN=C(NC1CCCn2nc(C)nc21)NC1CC1c1c(F)cccc1F. The monoisotopic (exact) mass is 360 g/mol. The minimum Gasteiger partial charge on any atom is -0.353 e. The zero-order chi connectivity index (χ0) is 18.3. The summed E-state index contributed by atoms with van der Waals surface area (Å²) in [6, 6.07) is 3.99. The van der Waals surface area contributed by atoms with Crippen molar-refractivity contribution in [3.8, 4) is 0 Å². The van der Waals surface area contributed by atoms with Crippen molar-refractivity contribution >= 4 is 5.96 Å². The molecule has 0 spiro atoms. The maximum atomic E-state index is 13.9. The molecule has 2 aliphatic rings. The Kier molecular flexibility index (Phi) is 4.34. The van der Waals surface area contributed by atoms with Gasteiger partial charge in [-0.05, 0) is 38.3 Å². The first-order valence-corrected chi connectivity index (χ1v) is 8.92. The zero-order valence-corrected chi connectivity index (χ0v) is 14.8. The number of nitrogens with one attached hydrogen (secondary N) is 2. The average Bonchev–Trinajstić information content (AvgIpc) is 3.23. The number of aromatic nitrogens is 3. The Balaban J connectivity index is 1.43. The predicted molar refractivity (Wildman–Crippen MR) is 93.9 cm³/mol. The highest BCUT2D eigenvalue weighted by Crippen LogP contribution is 2.43. The van der Waals surface area contributed by atoms with Crippen LogP contribution >= 0.6 is 0 Å². The lowest BCUT2D eigenvalue weighted by molar-refractivity contribution is 0.397. The van der Waals surface area contributed by atoms with Gasteiger partial charge >= 0.3 is 0 Å². The highest BCUT2D eigenvalue weighted by molar-refractivity contribution is 5.81. The normalized spacial score (nSPS) is 24.9. The Labute approximate surface area is 150 Å². The van der Waals surface area contributed by atoms with Gasteiger partial charge in [-0.1, -0.05) is 6.07 Å². The molecule has 2 N–H and O–H groups in total. The van der Waals surface area contributed by atoms with E-state index in [1.54, 1.807) is 7.05 Å². The third kappa shape index (κ3) is 3.15. The van der Waals surface area contributed by atoms with Crippen LogP contribution in [0.5, 0.6) is 0 Å². The molecule has 2 heterocycles. The maximum Gasteiger partial charge on any atom is 0.191 e. The molecule has 6 nitrogen and oxygen atoms in total. The van der Waals surface area contributed by atoms with E-state index >= 15 is 0 Å². The van der Waals surface area contributed by atoms with E-state index in [2.05, 4.69) is 25.7 Å². The third-order valence-electron chi connectivity index (χ3n) is 5.00. The van der Waals surface area contributed by atoms with Crippen LogP contribution in [0.1, 0.15) is 48.4 Å². The second kappa shape index (κ2) is 6.66. The molecular formula is C18H22F2N6. The second-order valence-electron chi connectivity index (χ2n) is 6.88. The molecule has 8 heteroatoms. The van der Waals surface area contributed by atoms with E-state index in [1.165, 1.54) is 18.2 Å². The van der Waals surface area contributed by atoms with Gasteiger partial charge in [0.05, 0.1) is 6.04 Å². The lowest BCUT2D eigenvalue weighted by atomic mass is 10.1. The van der Waals surface area contributed by atoms with Crippen LogP contribution in [0.15, 0.2) is 23.2 Å². The largest absolute Gasteiger partial charge is 0.353 e. The number of aryl methyl sites for hydroxylation is 2. The summed E-state index contributed by atoms with van der Waals surface area (Å²) in [5.41, 5.74) is 0.161. The molecule has 1 aromatic heterocycles. The van der Waals surface area contributed by atoms with Gasteiger partial charge in [-0.25, -0.2) is 18.4 Å². The summed E-state index contributed by atoms with van der Waals surface area (Å²) in [6.07, 6.45) is 2.63. The highest BCUT2D eigenvalue weighted by Gasteiger charge is 2.42. The fourth-order valence-electron chi connectivity index (χ4n) is 3.66. The van der Waals surface area contributed by atoms with Crippen LogP contribution in [-0.2, 0) is 6.54 Å². The first kappa shape index (κ1) is 16.9. The summed E-state index contributed by atoms with van der Waals surface area (Å²) in [5.74, 6) is 1.13. The Morgan fingerprint density at radius 1 is 1.27 bits per heavy atom. The Hall–Kier alpha value is -2.51. The molecule has 3 unspecified atom stereocenters. The molecular weight excluding hydrogens is 338 g/mol. The molecule has 4 rings (SSSR count). The van der Waals surface area contributed by atoms with Crippen molar-refractivity contribution in [1.29, 1.82) is 0 Å². The minimum absolute atomic E-state index is 0.0264. The van der Waals surface area contributed by atoms with Crippen LogP contribution in [0.2, 0.25) is 0 Å². The first-order chi connectivity index (χ1) is 12.6. The number of rotatable bonds is 3. The van der Waals surface area contributed by atoms with Crippen molar-refractivity contribution < 1.29 is 8.78 Å². The molecule has 1 aliphatic heterocycles. The molecule has 0 bridgehead atoms. The summed E-state index contributed by atoms with van der Waals surface area (Å²) < 4.78 is 29.8. The van der Waals surface area contributed by atoms with E-state index in [0.29, 0.717) is 12.4 Å². The lowest BCUT2D eigenvalue weighted by Gasteiger charge is -2.25. The van der Waals surface area contributed by atoms with Gasteiger partial charge in [-0.2, -0.15) is 5.10 Å². The lowest BCUT2D eigenvalue weighted by Crippen LogP contribution is -2.42. The number of hydrogen-bond acceptors (Lipinski definition) is 3. The van der Waals surface area contributed by atoms with Crippen molar-refractivity contribution in [1.82, 2.24) is 25.4 Å². The third-order valence-corrected chi connectivity index (χ3v) is 5.00. The molecule has 0 radical (unpaired) electrons. The molecule has 1 saturated carbocycles. The van der Waals surface area contributed by atoms with Crippen molar-refractivity contribution in [2.24, 2.45) is 4.99 Å². The molecule has 0 saturated heterocycles. The quantitative estimate of drug-likeness (QED) is 0.652. The first-order valence-electron chi connectivity index (χ1n) is 8.92. The maximum absolute atomic E-state index is 13.9. The second-order valence-corrected chi connectivity index (χ2v) is 6.88. The van der Waals surface area contributed by atoms with Crippen LogP contribution in [-0.4, -0.2) is 33.8 Å². The summed E-state index contributed by atoms with van der Waals surface area (Å²) in [7, 11) is 1.69. The van der Waals surface area contributed by atoms with Crippen molar-refractivity contribution in [2.75, 3.05) is 7.05 Å². The summed E-state index contributed by atoms with van der Waals surface area (Å²) >= 11 is 0. The average molecular weight is 360 g/mol. The van der Waals surface area contributed by atoms with E-state index in [4.69, 9.17) is 0 Å². The van der Waals surface area contributed by atoms with Crippen LogP contribution in [0.25, 0.3) is 0 Å². The summed E-state index contributed by atoms with van der Waals surface area (Å²) in [6.45, 7) is 2.75. The molecule has 1 fully saturated rings. The number of halogens is 2. The van der Waals surface area contributed by atoms with E-state index < -0.39 is 11.6 Å². The van der Waals surface area contributed by atoms with E-state index in [1.807, 2.05) is 11.6 Å². The summed E-state index contributed by atoms with van der Waals surface area (Å²) in [5, 5.41) is 11.1. The van der Waals surface area contributed by atoms with E-state index in [-0.39, 0.29) is 23.6 Å². The van der Waals surface area contributed by atoms with Crippen molar-refractivity contribution in [3.05, 3.63) is 47.0 Å². The number of guanidine groups is 1. The van der Waals surface area contributed by atoms with Gasteiger partial charge in [0, 0.05) is 31.1 Å².